The van der Waals surface area contributed by atoms with E-state index in [2.05, 4.69) is 0 Å². The molecule has 0 aliphatic heterocycles. The Morgan fingerprint density at radius 2 is 1.83 bits per heavy atom. The first-order chi connectivity index (χ1) is 8.14. The van der Waals surface area contributed by atoms with E-state index in [-0.39, 0.29) is 5.41 Å². The van der Waals surface area contributed by atoms with Gasteiger partial charge in [0, 0.05) is 10.6 Å². The SMILES string of the molecule is C[SiH](C)Oc1c(C(=O)Cl)ccc(Cl)c1C(C)(C)C. The second kappa shape index (κ2) is 5.64. The van der Waals surface area contributed by atoms with Gasteiger partial charge in [-0.3, -0.25) is 4.79 Å². The largest absolute Gasteiger partial charge is 0.546 e. The van der Waals surface area contributed by atoms with Gasteiger partial charge in [-0.2, -0.15) is 0 Å². The van der Waals surface area contributed by atoms with Gasteiger partial charge in [0.05, 0.1) is 5.56 Å². The molecule has 0 aliphatic rings. The first-order valence-corrected chi connectivity index (χ1v) is 9.37. The molecule has 0 saturated heterocycles. The van der Waals surface area contributed by atoms with Crippen LogP contribution in [0.15, 0.2) is 12.1 Å². The quantitative estimate of drug-likeness (QED) is 0.612. The van der Waals surface area contributed by atoms with Gasteiger partial charge < -0.3 is 4.43 Å². The molecule has 0 N–H and O–H groups in total. The molecule has 18 heavy (non-hydrogen) atoms. The fourth-order valence-corrected chi connectivity index (χ4v) is 3.07. The average Bonchev–Trinajstić information content (AvgIpc) is 2.13. The zero-order chi connectivity index (χ0) is 14.1. The summed E-state index contributed by atoms with van der Waals surface area (Å²) >= 11 is 11.9. The Labute approximate surface area is 120 Å². The molecule has 1 aromatic carbocycles. The summed E-state index contributed by atoms with van der Waals surface area (Å²) in [7, 11) is -1.36. The summed E-state index contributed by atoms with van der Waals surface area (Å²) < 4.78 is 5.89. The molecule has 2 nitrogen and oxygen atoms in total. The maximum absolute atomic E-state index is 11.5. The molecular weight excluding hydrogens is 287 g/mol. The van der Waals surface area contributed by atoms with Crippen molar-refractivity contribution in [3.05, 3.63) is 28.3 Å². The third-order valence-electron chi connectivity index (χ3n) is 2.42. The molecule has 0 radical (unpaired) electrons. The van der Waals surface area contributed by atoms with Crippen LogP contribution < -0.4 is 4.43 Å². The second-order valence-electron chi connectivity index (χ2n) is 5.49. The van der Waals surface area contributed by atoms with Crippen LogP contribution >= 0.6 is 23.2 Å². The van der Waals surface area contributed by atoms with Gasteiger partial charge in [-0.15, -0.1) is 0 Å². The summed E-state index contributed by atoms with van der Waals surface area (Å²) in [5.74, 6) is 0.552. The van der Waals surface area contributed by atoms with Crippen molar-refractivity contribution in [1.82, 2.24) is 0 Å². The zero-order valence-electron chi connectivity index (χ0n) is 11.3. The van der Waals surface area contributed by atoms with Gasteiger partial charge in [0.2, 0.25) is 9.04 Å². The van der Waals surface area contributed by atoms with Crippen LogP contribution in [0.5, 0.6) is 5.75 Å². The highest BCUT2D eigenvalue weighted by molar-refractivity contribution is 6.68. The van der Waals surface area contributed by atoms with Gasteiger partial charge in [-0.25, -0.2) is 0 Å². The summed E-state index contributed by atoms with van der Waals surface area (Å²) in [5.41, 5.74) is 1.03. The highest BCUT2D eigenvalue weighted by Crippen LogP contribution is 2.40. The molecule has 0 unspecified atom stereocenters. The van der Waals surface area contributed by atoms with Gasteiger partial charge in [-0.05, 0) is 42.2 Å². The Hall–Kier alpha value is -0.513. The van der Waals surface area contributed by atoms with Crippen LogP contribution in [0.2, 0.25) is 18.1 Å². The van der Waals surface area contributed by atoms with Crippen molar-refractivity contribution >= 4 is 37.5 Å². The third-order valence-corrected chi connectivity index (χ3v) is 3.65. The lowest BCUT2D eigenvalue weighted by molar-refractivity contribution is 0.107. The van der Waals surface area contributed by atoms with Crippen molar-refractivity contribution in [2.75, 3.05) is 0 Å². The Morgan fingerprint density at radius 1 is 1.28 bits per heavy atom. The van der Waals surface area contributed by atoms with Crippen LogP contribution in [0.3, 0.4) is 0 Å². The van der Waals surface area contributed by atoms with Crippen molar-refractivity contribution in [3.8, 4) is 5.75 Å². The van der Waals surface area contributed by atoms with Crippen molar-refractivity contribution < 1.29 is 9.22 Å². The number of rotatable bonds is 3. The summed E-state index contributed by atoms with van der Waals surface area (Å²) in [6, 6.07) is 3.32. The number of carbonyl (C=O) groups is 1. The lowest BCUT2D eigenvalue weighted by atomic mass is 9.85. The van der Waals surface area contributed by atoms with Crippen LogP contribution in [0.4, 0.5) is 0 Å². The summed E-state index contributed by atoms with van der Waals surface area (Å²) in [4.78, 5) is 11.5. The fourth-order valence-electron chi connectivity index (χ4n) is 1.77. The lowest BCUT2D eigenvalue weighted by Crippen LogP contribution is -2.20. The average molecular weight is 305 g/mol. The molecule has 0 bridgehead atoms. The van der Waals surface area contributed by atoms with Gasteiger partial charge in [0.1, 0.15) is 5.75 Å². The molecule has 0 amide bonds. The van der Waals surface area contributed by atoms with E-state index < -0.39 is 14.3 Å². The third kappa shape index (κ3) is 3.50. The van der Waals surface area contributed by atoms with Crippen molar-refractivity contribution in [3.63, 3.8) is 0 Å². The standard InChI is InChI=1S/C13H18Cl2O2Si/c1-13(2,3)10-9(14)7-6-8(12(15)16)11(10)17-18(4)5/h6-7,18H,1-5H3. The van der Waals surface area contributed by atoms with E-state index in [1.165, 1.54) is 0 Å². The van der Waals surface area contributed by atoms with Crippen LogP contribution in [0, 0.1) is 0 Å². The fraction of sp³-hybridized carbons (Fsp3) is 0.462. The minimum Gasteiger partial charge on any atom is -0.546 e. The second-order valence-corrected chi connectivity index (χ2v) is 8.57. The molecule has 5 heteroatoms. The molecule has 0 atom stereocenters. The number of halogens is 2. The van der Waals surface area contributed by atoms with Gasteiger partial charge in [0.25, 0.3) is 5.24 Å². The molecule has 0 heterocycles. The van der Waals surface area contributed by atoms with Crippen LogP contribution in [-0.2, 0) is 5.41 Å². The smallest absolute Gasteiger partial charge is 0.256 e. The monoisotopic (exact) mass is 304 g/mol. The Kier molecular flexibility index (Phi) is 4.87. The van der Waals surface area contributed by atoms with Gasteiger partial charge in [-0.1, -0.05) is 32.4 Å². The summed E-state index contributed by atoms with van der Waals surface area (Å²) in [5, 5.41) is 0.0932. The van der Waals surface area contributed by atoms with E-state index in [4.69, 9.17) is 27.6 Å². The first-order valence-electron chi connectivity index (χ1n) is 5.84. The van der Waals surface area contributed by atoms with Crippen molar-refractivity contribution in [2.45, 2.75) is 39.3 Å². The Bertz CT molecular complexity index is 465. The molecule has 0 aliphatic carbocycles. The molecular formula is C13H18Cl2O2Si. The summed E-state index contributed by atoms with van der Waals surface area (Å²) in [6.45, 7) is 10.2. The topological polar surface area (TPSA) is 26.3 Å². The number of benzene rings is 1. The van der Waals surface area contributed by atoms with E-state index >= 15 is 0 Å². The minimum atomic E-state index is -1.36. The molecule has 0 aromatic heterocycles. The first kappa shape index (κ1) is 15.5. The Morgan fingerprint density at radius 3 is 2.22 bits per heavy atom. The van der Waals surface area contributed by atoms with Crippen LogP contribution in [0.25, 0.3) is 0 Å². The predicted molar refractivity (Wildman–Crippen MR) is 79.8 cm³/mol. The van der Waals surface area contributed by atoms with Crippen molar-refractivity contribution in [2.24, 2.45) is 0 Å². The van der Waals surface area contributed by atoms with Crippen LogP contribution in [-0.4, -0.2) is 14.3 Å². The Balaban J connectivity index is 3.55. The molecule has 0 spiro atoms. The molecule has 0 saturated carbocycles. The van der Waals surface area contributed by atoms with Crippen molar-refractivity contribution in [1.29, 1.82) is 0 Å². The zero-order valence-corrected chi connectivity index (χ0v) is 14.0. The van der Waals surface area contributed by atoms with E-state index in [1.54, 1.807) is 12.1 Å². The summed E-state index contributed by atoms with van der Waals surface area (Å²) in [6.07, 6.45) is 0. The van der Waals surface area contributed by atoms with Crippen LogP contribution in [0.1, 0.15) is 36.7 Å². The normalized spacial score (nSPS) is 11.8. The molecule has 1 rings (SSSR count). The number of carbonyl (C=O) groups excluding carboxylic acids is 1. The van der Waals surface area contributed by atoms with E-state index in [9.17, 15) is 4.79 Å². The van der Waals surface area contributed by atoms with E-state index in [0.29, 0.717) is 16.3 Å². The van der Waals surface area contributed by atoms with E-state index in [0.717, 1.165) is 5.56 Å². The predicted octanol–water partition coefficient (Wildman–Crippen LogP) is 4.38. The maximum Gasteiger partial charge on any atom is 0.256 e. The minimum absolute atomic E-state index is 0.210. The number of hydrogen-bond donors (Lipinski definition) is 0. The van der Waals surface area contributed by atoms with Gasteiger partial charge >= 0.3 is 0 Å². The molecule has 0 fully saturated rings. The number of hydrogen-bond acceptors (Lipinski definition) is 2. The highest BCUT2D eigenvalue weighted by atomic mass is 35.5. The highest BCUT2D eigenvalue weighted by Gasteiger charge is 2.27. The molecule has 100 valence electrons. The lowest BCUT2D eigenvalue weighted by Gasteiger charge is -2.26. The van der Waals surface area contributed by atoms with Gasteiger partial charge in [0.15, 0.2) is 0 Å². The molecule has 1 aromatic rings. The van der Waals surface area contributed by atoms with E-state index in [1.807, 2.05) is 33.9 Å². The maximum atomic E-state index is 11.5.